The number of hydrogen-bond acceptors (Lipinski definition) is 3. The molecule has 0 saturated carbocycles. The van der Waals surface area contributed by atoms with E-state index < -0.39 is 11.6 Å². The molecular formula is C46H33N3O. The fourth-order valence-corrected chi connectivity index (χ4v) is 7.56. The van der Waals surface area contributed by atoms with Crippen LogP contribution >= 0.6 is 0 Å². The third-order valence-corrected chi connectivity index (χ3v) is 9.86. The molecule has 9 rings (SSSR count). The summed E-state index contributed by atoms with van der Waals surface area (Å²) in [4.78, 5) is 9.72. The van der Waals surface area contributed by atoms with Crippen LogP contribution in [0.3, 0.4) is 0 Å². The molecule has 1 atom stereocenters. The van der Waals surface area contributed by atoms with Crippen molar-refractivity contribution in [2.45, 2.75) is 11.6 Å². The van der Waals surface area contributed by atoms with Crippen LogP contribution in [0.1, 0.15) is 45.1 Å². The molecule has 1 unspecified atom stereocenters. The van der Waals surface area contributed by atoms with Crippen molar-refractivity contribution in [1.82, 2.24) is 0 Å². The number of fused-ring (bicyclic) bond motifs is 9. The zero-order valence-corrected chi connectivity index (χ0v) is 27.3. The lowest BCUT2D eigenvalue weighted by Crippen LogP contribution is -2.32. The van der Waals surface area contributed by atoms with Gasteiger partial charge in [0.1, 0.15) is 17.7 Å². The Morgan fingerprint density at radius 3 is 1.80 bits per heavy atom. The van der Waals surface area contributed by atoms with Crippen molar-refractivity contribution in [1.29, 1.82) is 0 Å². The van der Waals surface area contributed by atoms with E-state index in [9.17, 15) is 0 Å². The second-order valence-corrected chi connectivity index (χ2v) is 12.7. The zero-order valence-electron chi connectivity index (χ0n) is 27.3. The highest BCUT2D eigenvalue weighted by atomic mass is 16.5. The van der Waals surface area contributed by atoms with Gasteiger partial charge in [-0.2, -0.15) is 0 Å². The summed E-state index contributed by atoms with van der Waals surface area (Å²) in [6.07, 6.45) is 1.30. The van der Waals surface area contributed by atoms with Crippen LogP contribution in [0.4, 0.5) is 0 Å². The van der Waals surface area contributed by atoms with Crippen LogP contribution in [0.15, 0.2) is 186 Å². The van der Waals surface area contributed by atoms with Crippen LogP contribution < -0.4 is 10.5 Å². The van der Waals surface area contributed by atoms with Crippen molar-refractivity contribution in [3.05, 3.63) is 215 Å². The summed E-state index contributed by atoms with van der Waals surface area (Å²) in [5.74, 6) is 2.36. The minimum absolute atomic E-state index is 0.507. The molecule has 0 saturated heterocycles. The van der Waals surface area contributed by atoms with Gasteiger partial charge in [-0.05, 0) is 62.7 Å². The Hall–Kier alpha value is -6.36. The van der Waals surface area contributed by atoms with E-state index in [1.807, 2.05) is 79.0 Å². The maximum atomic E-state index is 6.58. The molecule has 7 aromatic rings. The molecule has 1 aliphatic carbocycles. The van der Waals surface area contributed by atoms with E-state index in [2.05, 4.69) is 103 Å². The van der Waals surface area contributed by atoms with E-state index in [0.29, 0.717) is 5.84 Å². The molecule has 50 heavy (non-hydrogen) atoms. The third-order valence-electron chi connectivity index (χ3n) is 9.86. The molecule has 7 aromatic carbocycles. The Balaban J connectivity index is 1.15. The molecule has 4 nitrogen and oxygen atoms in total. The summed E-state index contributed by atoms with van der Waals surface area (Å²) in [7, 11) is 0. The number of rotatable bonds is 5. The Labute approximate surface area is 291 Å². The SMILES string of the molecule is NC(N=C(N=Cc1ccccc1)c1ccc(-c2ccc3c(c2)C2(c4ccccc4Oc4ccccc42)c2ccccc2-3)cc1)c1ccccc1. The Kier molecular flexibility index (Phi) is 7.30. The summed E-state index contributed by atoms with van der Waals surface area (Å²) >= 11 is 0. The second kappa shape index (κ2) is 12.3. The summed E-state index contributed by atoms with van der Waals surface area (Å²) in [5.41, 5.74) is 18.5. The highest BCUT2D eigenvalue weighted by Gasteiger charge is 2.50. The topological polar surface area (TPSA) is 60.0 Å². The summed E-state index contributed by atoms with van der Waals surface area (Å²) in [6.45, 7) is 0. The molecule has 2 aliphatic rings. The summed E-state index contributed by atoms with van der Waals surface area (Å²) in [5, 5.41) is 0. The van der Waals surface area contributed by atoms with E-state index in [-0.39, 0.29) is 0 Å². The first kappa shape index (κ1) is 29.8. The number of nitrogens with zero attached hydrogens (tertiary/aromatic N) is 2. The number of amidine groups is 1. The van der Waals surface area contributed by atoms with Crippen LogP contribution in [0, 0.1) is 0 Å². The molecule has 0 amide bonds. The van der Waals surface area contributed by atoms with Gasteiger partial charge in [0.15, 0.2) is 5.84 Å². The van der Waals surface area contributed by atoms with Crippen LogP contribution in [-0.2, 0) is 5.41 Å². The molecular weight excluding hydrogens is 611 g/mol. The van der Waals surface area contributed by atoms with Crippen molar-refractivity contribution in [2.24, 2.45) is 15.7 Å². The Morgan fingerprint density at radius 1 is 0.540 bits per heavy atom. The Bertz CT molecular complexity index is 2370. The largest absolute Gasteiger partial charge is 0.457 e. The molecule has 1 aliphatic heterocycles. The average Bonchev–Trinajstić information content (AvgIpc) is 3.47. The standard InChI is InChI=1S/C46H33N3O/c47-44(33-15-5-2-6-16-33)49-45(48-30-31-13-3-1-4-14-31)34-25-23-32(24-26-34)35-27-28-37-36-17-7-8-18-38(36)46(41(37)29-35)39-19-9-11-21-42(39)50-43-22-12-10-20-40(43)46/h1-30,44H,47H2. The maximum Gasteiger partial charge on any atom is 0.156 e. The number of para-hydroxylation sites is 2. The molecule has 1 spiro atoms. The van der Waals surface area contributed by atoms with Crippen LogP contribution in [0.5, 0.6) is 11.5 Å². The van der Waals surface area contributed by atoms with Gasteiger partial charge in [0, 0.05) is 22.9 Å². The van der Waals surface area contributed by atoms with Gasteiger partial charge in [0.2, 0.25) is 0 Å². The van der Waals surface area contributed by atoms with Gasteiger partial charge >= 0.3 is 0 Å². The van der Waals surface area contributed by atoms with Crippen molar-refractivity contribution >= 4 is 12.1 Å². The molecule has 0 aromatic heterocycles. The van der Waals surface area contributed by atoms with E-state index in [0.717, 1.165) is 50.4 Å². The normalized spacial score (nSPS) is 14.4. The predicted octanol–water partition coefficient (Wildman–Crippen LogP) is 10.3. The van der Waals surface area contributed by atoms with Crippen molar-refractivity contribution in [3.63, 3.8) is 0 Å². The molecule has 0 fully saturated rings. The van der Waals surface area contributed by atoms with E-state index in [1.165, 1.54) is 22.3 Å². The van der Waals surface area contributed by atoms with Crippen molar-refractivity contribution in [2.75, 3.05) is 0 Å². The number of benzene rings is 7. The lowest BCUT2D eigenvalue weighted by atomic mass is 9.66. The minimum atomic E-state index is -0.543. The second-order valence-electron chi connectivity index (χ2n) is 12.7. The van der Waals surface area contributed by atoms with Gasteiger partial charge in [-0.15, -0.1) is 0 Å². The van der Waals surface area contributed by atoms with Gasteiger partial charge in [-0.3, -0.25) is 0 Å². The van der Waals surface area contributed by atoms with Gasteiger partial charge in [-0.1, -0.05) is 158 Å². The van der Waals surface area contributed by atoms with Crippen LogP contribution in [0.25, 0.3) is 22.3 Å². The van der Waals surface area contributed by atoms with Crippen molar-refractivity contribution in [3.8, 4) is 33.8 Å². The lowest BCUT2D eigenvalue weighted by molar-refractivity contribution is 0.436. The molecule has 238 valence electrons. The number of nitrogens with two attached hydrogens (primary N) is 1. The van der Waals surface area contributed by atoms with Gasteiger partial charge in [0.25, 0.3) is 0 Å². The van der Waals surface area contributed by atoms with Gasteiger partial charge in [0.05, 0.1) is 5.41 Å². The Morgan fingerprint density at radius 2 is 1.10 bits per heavy atom. The zero-order chi connectivity index (χ0) is 33.5. The summed E-state index contributed by atoms with van der Waals surface area (Å²) < 4.78 is 6.52. The highest BCUT2D eigenvalue weighted by Crippen LogP contribution is 2.62. The monoisotopic (exact) mass is 643 g/mol. The fourth-order valence-electron chi connectivity index (χ4n) is 7.56. The predicted molar refractivity (Wildman–Crippen MR) is 203 cm³/mol. The average molecular weight is 644 g/mol. The lowest BCUT2D eigenvalue weighted by Gasteiger charge is -2.39. The molecule has 0 bridgehead atoms. The van der Waals surface area contributed by atoms with Crippen molar-refractivity contribution < 1.29 is 4.74 Å². The first-order valence-corrected chi connectivity index (χ1v) is 16.9. The van der Waals surface area contributed by atoms with Crippen LogP contribution in [-0.4, -0.2) is 12.1 Å². The molecule has 2 N–H and O–H groups in total. The highest BCUT2D eigenvalue weighted by molar-refractivity contribution is 6.05. The van der Waals surface area contributed by atoms with E-state index in [1.54, 1.807) is 0 Å². The van der Waals surface area contributed by atoms with E-state index >= 15 is 0 Å². The smallest absolute Gasteiger partial charge is 0.156 e. The maximum absolute atomic E-state index is 6.58. The molecule has 4 heteroatoms. The number of hydrogen-bond donors (Lipinski definition) is 1. The number of ether oxygens (including phenoxy) is 1. The molecule has 1 heterocycles. The van der Waals surface area contributed by atoms with Gasteiger partial charge in [-0.25, -0.2) is 9.98 Å². The summed E-state index contributed by atoms with van der Waals surface area (Å²) in [6, 6.07) is 61.1. The fraction of sp³-hybridized carbons (Fsp3) is 0.0435. The van der Waals surface area contributed by atoms with Gasteiger partial charge < -0.3 is 10.5 Å². The van der Waals surface area contributed by atoms with E-state index in [4.69, 9.17) is 20.5 Å². The minimum Gasteiger partial charge on any atom is -0.457 e. The number of aliphatic imine (C=N–C) groups is 2. The van der Waals surface area contributed by atoms with Crippen LogP contribution in [0.2, 0.25) is 0 Å². The first-order chi connectivity index (χ1) is 24.7. The first-order valence-electron chi connectivity index (χ1n) is 16.9. The molecule has 0 radical (unpaired) electrons. The quantitative estimate of drug-likeness (QED) is 0.150. The third kappa shape index (κ3) is 4.89.